The highest BCUT2D eigenvalue weighted by Gasteiger charge is 2.13. The van der Waals surface area contributed by atoms with Crippen LogP contribution in [0.5, 0.6) is 5.75 Å². The van der Waals surface area contributed by atoms with Crippen molar-refractivity contribution in [2.24, 2.45) is 10.9 Å². The van der Waals surface area contributed by atoms with Gasteiger partial charge in [0, 0.05) is 52.1 Å². The van der Waals surface area contributed by atoms with Crippen LogP contribution < -0.4 is 10.1 Å². The predicted molar refractivity (Wildman–Crippen MR) is 110 cm³/mol. The van der Waals surface area contributed by atoms with Crippen molar-refractivity contribution in [2.45, 2.75) is 19.3 Å². The van der Waals surface area contributed by atoms with Crippen LogP contribution in [0.15, 0.2) is 29.3 Å². The van der Waals surface area contributed by atoms with E-state index >= 15 is 0 Å². The number of guanidine groups is 1. The van der Waals surface area contributed by atoms with Crippen molar-refractivity contribution in [3.8, 4) is 5.75 Å². The monoisotopic (exact) mass is 397 g/mol. The molecule has 0 radical (unpaired) electrons. The minimum Gasteiger partial charge on any atom is -0.492 e. The number of nitrogens with one attached hydrogen (secondary N) is 1. The number of benzene rings is 1. The number of aliphatic imine (C=N–C) groups is 1. The van der Waals surface area contributed by atoms with Crippen LogP contribution >= 0.6 is 11.6 Å². The van der Waals surface area contributed by atoms with Gasteiger partial charge in [-0.05, 0) is 49.4 Å². The summed E-state index contributed by atoms with van der Waals surface area (Å²) < 4.78 is 16.9. The molecule has 0 unspecified atom stereocenters. The Bertz CT molecular complexity index is 548. The summed E-state index contributed by atoms with van der Waals surface area (Å²) in [4.78, 5) is 6.37. The first kappa shape index (κ1) is 21.8. The highest BCUT2D eigenvalue weighted by molar-refractivity contribution is 6.30. The smallest absolute Gasteiger partial charge is 0.193 e. The molecule has 0 amide bonds. The van der Waals surface area contributed by atoms with Crippen LogP contribution in [0.4, 0.5) is 0 Å². The van der Waals surface area contributed by atoms with Crippen molar-refractivity contribution >= 4 is 17.6 Å². The van der Waals surface area contributed by atoms with Crippen molar-refractivity contribution in [1.82, 2.24) is 10.2 Å². The first-order valence-electron chi connectivity index (χ1n) is 9.64. The minimum atomic E-state index is 0.576. The lowest BCUT2D eigenvalue weighted by Crippen LogP contribution is -2.41. The van der Waals surface area contributed by atoms with Gasteiger partial charge in [0.2, 0.25) is 0 Å². The number of likely N-dealkylation sites (N-methyl/N-ethyl adjacent to an activating group) is 1. The number of nitrogens with zero attached hydrogens (tertiary/aromatic N) is 2. The second-order valence-corrected chi connectivity index (χ2v) is 7.12. The van der Waals surface area contributed by atoms with E-state index in [0.29, 0.717) is 17.5 Å². The largest absolute Gasteiger partial charge is 0.492 e. The lowest BCUT2D eigenvalue weighted by molar-refractivity contribution is 0.0203. The summed E-state index contributed by atoms with van der Waals surface area (Å²) in [5.74, 6) is 2.34. The topological polar surface area (TPSA) is 55.3 Å². The van der Waals surface area contributed by atoms with E-state index in [1.54, 1.807) is 7.05 Å². The number of hydrogen-bond donors (Lipinski definition) is 1. The van der Waals surface area contributed by atoms with E-state index in [-0.39, 0.29) is 0 Å². The van der Waals surface area contributed by atoms with Gasteiger partial charge in [0.1, 0.15) is 12.4 Å². The molecule has 0 spiro atoms. The third-order valence-electron chi connectivity index (χ3n) is 4.53. The van der Waals surface area contributed by atoms with Crippen molar-refractivity contribution in [1.29, 1.82) is 0 Å². The minimum absolute atomic E-state index is 0.576. The summed E-state index contributed by atoms with van der Waals surface area (Å²) in [6, 6.07) is 7.39. The summed E-state index contributed by atoms with van der Waals surface area (Å²) in [5.41, 5.74) is 0. The van der Waals surface area contributed by atoms with Gasteiger partial charge < -0.3 is 24.4 Å². The Kier molecular flexibility index (Phi) is 10.3. The summed E-state index contributed by atoms with van der Waals surface area (Å²) in [7, 11) is 3.79. The Labute approximate surface area is 167 Å². The lowest BCUT2D eigenvalue weighted by atomic mass is 10.0. The van der Waals surface area contributed by atoms with E-state index in [9.17, 15) is 0 Å². The van der Waals surface area contributed by atoms with Gasteiger partial charge in [0.25, 0.3) is 0 Å². The molecule has 1 aliphatic rings. The van der Waals surface area contributed by atoms with Crippen LogP contribution in [0, 0.1) is 5.92 Å². The molecule has 1 aromatic carbocycles. The summed E-state index contributed by atoms with van der Waals surface area (Å²) >= 11 is 5.87. The molecule has 152 valence electrons. The number of ether oxygens (including phenoxy) is 3. The van der Waals surface area contributed by atoms with Crippen molar-refractivity contribution in [3.63, 3.8) is 0 Å². The van der Waals surface area contributed by atoms with E-state index in [2.05, 4.69) is 15.2 Å². The lowest BCUT2D eigenvalue weighted by Gasteiger charge is -2.23. The molecule has 0 aromatic heterocycles. The van der Waals surface area contributed by atoms with Gasteiger partial charge in [-0.3, -0.25) is 4.99 Å². The second-order valence-electron chi connectivity index (χ2n) is 6.68. The molecule has 1 N–H and O–H groups in total. The zero-order valence-corrected chi connectivity index (χ0v) is 17.2. The average Bonchev–Trinajstić information content (AvgIpc) is 2.69. The summed E-state index contributed by atoms with van der Waals surface area (Å²) in [6.45, 7) is 5.52. The highest BCUT2D eigenvalue weighted by atomic mass is 35.5. The molecule has 0 atom stereocenters. The highest BCUT2D eigenvalue weighted by Crippen LogP contribution is 2.15. The van der Waals surface area contributed by atoms with E-state index in [4.69, 9.17) is 25.8 Å². The van der Waals surface area contributed by atoms with Crippen molar-refractivity contribution in [3.05, 3.63) is 29.3 Å². The van der Waals surface area contributed by atoms with Gasteiger partial charge in [0.05, 0.1) is 6.54 Å². The molecule has 2 rings (SSSR count). The van der Waals surface area contributed by atoms with Crippen LogP contribution in [-0.2, 0) is 9.47 Å². The standard InChI is InChI=1S/C20H32ClN3O3/c1-22-20(23-10-3-12-26-16-17-8-13-25-14-9-17)24(2)11-15-27-19-6-4-18(21)5-7-19/h4-7,17H,3,8-16H2,1-2H3,(H,22,23). The SMILES string of the molecule is CN=C(NCCCOCC1CCOCC1)N(C)CCOc1ccc(Cl)cc1. The molecule has 1 aliphatic heterocycles. The Morgan fingerprint density at radius 3 is 2.70 bits per heavy atom. The Morgan fingerprint density at radius 2 is 2.00 bits per heavy atom. The molecular weight excluding hydrogens is 366 g/mol. The first-order valence-corrected chi connectivity index (χ1v) is 10.0. The molecule has 1 fully saturated rings. The fourth-order valence-corrected chi connectivity index (χ4v) is 2.99. The van der Waals surface area contributed by atoms with Crippen LogP contribution in [0.25, 0.3) is 0 Å². The molecule has 27 heavy (non-hydrogen) atoms. The quantitative estimate of drug-likeness (QED) is 0.373. The zero-order valence-electron chi connectivity index (χ0n) is 16.5. The third-order valence-corrected chi connectivity index (χ3v) is 4.78. The molecule has 0 saturated carbocycles. The molecule has 7 heteroatoms. The Balaban J connectivity index is 1.53. The van der Waals surface area contributed by atoms with Gasteiger partial charge in [-0.25, -0.2) is 0 Å². The van der Waals surface area contributed by atoms with E-state index in [0.717, 1.165) is 70.5 Å². The van der Waals surface area contributed by atoms with Gasteiger partial charge in [-0.15, -0.1) is 0 Å². The van der Waals surface area contributed by atoms with E-state index in [1.165, 1.54) is 0 Å². The Hall–Kier alpha value is -1.50. The predicted octanol–water partition coefficient (Wildman–Crippen LogP) is 3.06. The average molecular weight is 398 g/mol. The first-order chi connectivity index (χ1) is 13.2. The van der Waals surface area contributed by atoms with Crippen LogP contribution in [0.1, 0.15) is 19.3 Å². The van der Waals surface area contributed by atoms with E-state index in [1.807, 2.05) is 31.3 Å². The molecule has 0 aliphatic carbocycles. The van der Waals surface area contributed by atoms with Crippen molar-refractivity contribution < 1.29 is 14.2 Å². The molecule has 1 aromatic rings. The summed E-state index contributed by atoms with van der Waals surface area (Å²) in [6.07, 6.45) is 3.19. The van der Waals surface area contributed by atoms with Crippen LogP contribution in [0.2, 0.25) is 5.02 Å². The van der Waals surface area contributed by atoms with Crippen LogP contribution in [-0.4, -0.2) is 71.1 Å². The van der Waals surface area contributed by atoms with Gasteiger partial charge in [-0.2, -0.15) is 0 Å². The maximum Gasteiger partial charge on any atom is 0.193 e. The maximum absolute atomic E-state index is 5.87. The normalized spacial score (nSPS) is 15.6. The van der Waals surface area contributed by atoms with Gasteiger partial charge in [-0.1, -0.05) is 11.6 Å². The third kappa shape index (κ3) is 8.82. The van der Waals surface area contributed by atoms with E-state index < -0.39 is 0 Å². The van der Waals surface area contributed by atoms with Gasteiger partial charge >= 0.3 is 0 Å². The molecule has 6 nitrogen and oxygen atoms in total. The molecule has 1 saturated heterocycles. The molecular formula is C20H32ClN3O3. The Morgan fingerprint density at radius 1 is 1.26 bits per heavy atom. The van der Waals surface area contributed by atoms with Gasteiger partial charge in [0.15, 0.2) is 5.96 Å². The fourth-order valence-electron chi connectivity index (χ4n) is 2.86. The van der Waals surface area contributed by atoms with Crippen LogP contribution in [0.3, 0.4) is 0 Å². The second kappa shape index (κ2) is 12.8. The maximum atomic E-state index is 5.87. The van der Waals surface area contributed by atoms with Crippen molar-refractivity contribution in [2.75, 3.05) is 60.2 Å². The number of hydrogen-bond acceptors (Lipinski definition) is 4. The fraction of sp³-hybridized carbons (Fsp3) is 0.650. The summed E-state index contributed by atoms with van der Waals surface area (Å²) in [5, 5.41) is 4.08. The zero-order chi connectivity index (χ0) is 19.3. The molecule has 0 bridgehead atoms. The number of halogens is 1. The molecule has 1 heterocycles. The number of rotatable bonds is 10.